The van der Waals surface area contributed by atoms with E-state index in [2.05, 4.69) is 50.3 Å². The zero-order valence-electron chi connectivity index (χ0n) is 10.5. The highest BCUT2D eigenvalue weighted by atomic mass is 79.9. The SMILES string of the molecule is Cc1nccc(CN[C@@H](C)c2cccc(Br)c2)n1. The number of aryl methyl sites for hydroxylation is 1. The number of hydrogen-bond donors (Lipinski definition) is 1. The van der Waals surface area contributed by atoms with E-state index in [0.717, 1.165) is 22.5 Å². The van der Waals surface area contributed by atoms with Gasteiger partial charge in [-0.2, -0.15) is 0 Å². The molecular weight excluding hydrogens is 290 g/mol. The minimum absolute atomic E-state index is 0.290. The van der Waals surface area contributed by atoms with Crippen molar-refractivity contribution < 1.29 is 0 Å². The lowest BCUT2D eigenvalue weighted by atomic mass is 10.1. The summed E-state index contributed by atoms with van der Waals surface area (Å²) in [5.41, 5.74) is 2.28. The molecule has 0 fully saturated rings. The van der Waals surface area contributed by atoms with Gasteiger partial charge in [-0.3, -0.25) is 0 Å². The Kier molecular flexibility index (Phi) is 4.44. The molecule has 0 aliphatic carbocycles. The van der Waals surface area contributed by atoms with Crippen LogP contribution in [0.2, 0.25) is 0 Å². The quantitative estimate of drug-likeness (QED) is 0.941. The van der Waals surface area contributed by atoms with Gasteiger partial charge in [-0.15, -0.1) is 0 Å². The van der Waals surface area contributed by atoms with Crippen molar-refractivity contribution in [3.63, 3.8) is 0 Å². The molecule has 1 N–H and O–H groups in total. The van der Waals surface area contributed by atoms with Crippen LogP contribution in [0.25, 0.3) is 0 Å². The van der Waals surface area contributed by atoms with Crippen molar-refractivity contribution in [2.75, 3.05) is 0 Å². The topological polar surface area (TPSA) is 37.8 Å². The Hall–Kier alpha value is -1.26. The number of halogens is 1. The van der Waals surface area contributed by atoms with E-state index in [1.165, 1.54) is 5.56 Å². The second-order valence-corrected chi connectivity index (χ2v) is 5.17. The highest BCUT2D eigenvalue weighted by Gasteiger charge is 2.05. The maximum atomic E-state index is 4.37. The summed E-state index contributed by atoms with van der Waals surface area (Å²) in [6, 6.07) is 10.6. The third-order valence-electron chi connectivity index (χ3n) is 2.77. The molecule has 0 radical (unpaired) electrons. The van der Waals surface area contributed by atoms with Crippen LogP contribution in [0.1, 0.15) is 30.0 Å². The van der Waals surface area contributed by atoms with Crippen LogP contribution >= 0.6 is 15.9 Å². The van der Waals surface area contributed by atoms with Crippen LogP contribution in [0.4, 0.5) is 0 Å². The van der Waals surface area contributed by atoms with Crippen LogP contribution in [0.3, 0.4) is 0 Å². The summed E-state index contributed by atoms with van der Waals surface area (Å²) in [6.45, 7) is 4.80. The summed E-state index contributed by atoms with van der Waals surface area (Å²) in [7, 11) is 0. The van der Waals surface area contributed by atoms with Crippen LogP contribution in [0.15, 0.2) is 41.0 Å². The summed E-state index contributed by atoms with van der Waals surface area (Å²) < 4.78 is 1.10. The van der Waals surface area contributed by atoms with Gasteiger partial charge in [0.2, 0.25) is 0 Å². The van der Waals surface area contributed by atoms with E-state index in [1.54, 1.807) is 6.20 Å². The Morgan fingerprint density at radius 1 is 1.33 bits per heavy atom. The lowest BCUT2D eigenvalue weighted by molar-refractivity contribution is 0.566. The zero-order valence-corrected chi connectivity index (χ0v) is 12.1. The molecule has 0 aliphatic rings. The monoisotopic (exact) mass is 305 g/mol. The largest absolute Gasteiger partial charge is 0.305 e. The van der Waals surface area contributed by atoms with Crippen molar-refractivity contribution in [1.82, 2.24) is 15.3 Å². The van der Waals surface area contributed by atoms with Crippen molar-refractivity contribution >= 4 is 15.9 Å². The molecular formula is C14H16BrN3. The van der Waals surface area contributed by atoms with Gasteiger partial charge in [0.05, 0.1) is 5.69 Å². The first kappa shape index (κ1) is 13.2. The van der Waals surface area contributed by atoms with Gasteiger partial charge in [-0.05, 0) is 37.6 Å². The number of nitrogens with one attached hydrogen (secondary N) is 1. The van der Waals surface area contributed by atoms with Gasteiger partial charge in [0.1, 0.15) is 5.82 Å². The van der Waals surface area contributed by atoms with Gasteiger partial charge in [0, 0.05) is 23.3 Å². The molecule has 1 aromatic carbocycles. The minimum atomic E-state index is 0.290. The molecule has 18 heavy (non-hydrogen) atoms. The molecule has 1 heterocycles. The molecule has 0 bridgehead atoms. The average Bonchev–Trinajstić information content (AvgIpc) is 2.36. The Bertz CT molecular complexity index is 528. The molecule has 0 saturated heterocycles. The fourth-order valence-corrected chi connectivity index (χ4v) is 2.17. The van der Waals surface area contributed by atoms with Crippen molar-refractivity contribution in [3.05, 3.63) is 58.1 Å². The fraction of sp³-hybridized carbons (Fsp3) is 0.286. The molecule has 0 amide bonds. The Morgan fingerprint density at radius 2 is 2.17 bits per heavy atom. The van der Waals surface area contributed by atoms with E-state index in [1.807, 2.05) is 25.1 Å². The molecule has 2 aromatic rings. The van der Waals surface area contributed by atoms with Crippen molar-refractivity contribution in [1.29, 1.82) is 0 Å². The van der Waals surface area contributed by atoms with Gasteiger partial charge in [0.15, 0.2) is 0 Å². The first-order valence-corrected chi connectivity index (χ1v) is 6.72. The number of benzene rings is 1. The van der Waals surface area contributed by atoms with Gasteiger partial charge < -0.3 is 5.32 Å². The third kappa shape index (κ3) is 3.62. The van der Waals surface area contributed by atoms with Gasteiger partial charge in [-0.1, -0.05) is 28.1 Å². The minimum Gasteiger partial charge on any atom is -0.305 e. The molecule has 0 saturated carbocycles. The van der Waals surface area contributed by atoms with Gasteiger partial charge in [-0.25, -0.2) is 9.97 Å². The summed E-state index contributed by atoms with van der Waals surface area (Å²) >= 11 is 3.49. The van der Waals surface area contributed by atoms with Crippen molar-refractivity contribution in [2.24, 2.45) is 0 Å². The van der Waals surface area contributed by atoms with Gasteiger partial charge in [0.25, 0.3) is 0 Å². The van der Waals surface area contributed by atoms with E-state index < -0.39 is 0 Å². The highest BCUT2D eigenvalue weighted by Crippen LogP contribution is 2.18. The average molecular weight is 306 g/mol. The van der Waals surface area contributed by atoms with E-state index in [-0.39, 0.29) is 6.04 Å². The molecule has 1 atom stereocenters. The highest BCUT2D eigenvalue weighted by molar-refractivity contribution is 9.10. The Labute approximate surface area is 116 Å². The molecule has 2 rings (SSSR count). The third-order valence-corrected chi connectivity index (χ3v) is 3.26. The lowest BCUT2D eigenvalue weighted by Gasteiger charge is -2.14. The Balaban J connectivity index is 1.98. The predicted octanol–water partition coefficient (Wildman–Crippen LogP) is 3.40. The van der Waals surface area contributed by atoms with E-state index in [0.29, 0.717) is 0 Å². The van der Waals surface area contributed by atoms with Crippen LogP contribution in [-0.2, 0) is 6.54 Å². The van der Waals surface area contributed by atoms with Crippen molar-refractivity contribution in [3.8, 4) is 0 Å². The zero-order chi connectivity index (χ0) is 13.0. The van der Waals surface area contributed by atoms with E-state index >= 15 is 0 Å². The first-order chi connectivity index (χ1) is 8.65. The lowest BCUT2D eigenvalue weighted by Crippen LogP contribution is -2.19. The second-order valence-electron chi connectivity index (χ2n) is 4.25. The molecule has 94 valence electrons. The molecule has 1 aromatic heterocycles. The summed E-state index contributed by atoms with van der Waals surface area (Å²) in [6.07, 6.45) is 1.79. The molecule has 4 heteroatoms. The molecule has 0 spiro atoms. The second kappa shape index (κ2) is 6.07. The molecule has 0 aliphatic heterocycles. The van der Waals surface area contributed by atoms with Crippen LogP contribution in [0, 0.1) is 6.92 Å². The fourth-order valence-electron chi connectivity index (χ4n) is 1.76. The summed E-state index contributed by atoms with van der Waals surface area (Å²) in [5, 5.41) is 3.46. The normalized spacial score (nSPS) is 12.4. The van der Waals surface area contributed by atoms with Crippen LogP contribution in [-0.4, -0.2) is 9.97 Å². The predicted molar refractivity (Wildman–Crippen MR) is 76.2 cm³/mol. The smallest absolute Gasteiger partial charge is 0.125 e. The molecule has 0 unspecified atom stereocenters. The van der Waals surface area contributed by atoms with Gasteiger partial charge >= 0.3 is 0 Å². The van der Waals surface area contributed by atoms with E-state index in [9.17, 15) is 0 Å². The number of nitrogens with zero attached hydrogens (tertiary/aromatic N) is 2. The maximum absolute atomic E-state index is 4.37. The number of aromatic nitrogens is 2. The summed E-state index contributed by atoms with van der Waals surface area (Å²) in [4.78, 5) is 8.47. The van der Waals surface area contributed by atoms with Crippen molar-refractivity contribution in [2.45, 2.75) is 26.4 Å². The number of hydrogen-bond acceptors (Lipinski definition) is 3. The summed E-state index contributed by atoms with van der Waals surface area (Å²) in [5.74, 6) is 0.810. The van der Waals surface area contributed by atoms with Crippen LogP contribution in [0.5, 0.6) is 0 Å². The standard InChI is InChI=1S/C14H16BrN3/c1-10(12-4-3-5-13(15)8-12)17-9-14-6-7-16-11(2)18-14/h3-8,10,17H,9H2,1-2H3/t10-/m0/s1. The Morgan fingerprint density at radius 3 is 2.89 bits per heavy atom. The maximum Gasteiger partial charge on any atom is 0.125 e. The molecule has 3 nitrogen and oxygen atoms in total. The van der Waals surface area contributed by atoms with E-state index in [4.69, 9.17) is 0 Å². The number of rotatable bonds is 4. The van der Waals surface area contributed by atoms with Crippen LogP contribution < -0.4 is 5.32 Å². The first-order valence-electron chi connectivity index (χ1n) is 5.92.